The van der Waals surface area contributed by atoms with Gasteiger partial charge >= 0.3 is 0 Å². The highest BCUT2D eigenvalue weighted by Gasteiger charge is 2.22. The minimum absolute atomic E-state index is 0.0470. The Morgan fingerprint density at radius 1 is 1.07 bits per heavy atom. The van der Waals surface area contributed by atoms with Crippen LogP contribution in [-0.4, -0.2) is 31.7 Å². The molecule has 0 aliphatic carbocycles. The van der Waals surface area contributed by atoms with E-state index in [0.29, 0.717) is 17.2 Å². The number of allylic oxidation sites excluding steroid dienone is 1. The van der Waals surface area contributed by atoms with Crippen LogP contribution in [0, 0.1) is 11.7 Å². The quantitative estimate of drug-likeness (QED) is 0.729. The van der Waals surface area contributed by atoms with E-state index in [4.69, 9.17) is 0 Å². The summed E-state index contributed by atoms with van der Waals surface area (Å²) in [6.45, 7) is 8.12. The van der Waals surface area contributed by atoms with Crippen LogP contribution in [0.4, 0.5) is 10.3 Å². The number of hydrogen-bond donors (Lipinski definition) is 0. The van der Waals surface area contributed by atoms with Crippen LogP contribution in [0.15, 0.2) is 30.3 Å². The molecule has 2 aromatic rings. The molecule has 0 bridgehead atoms. The Labute approximate surface area is 161 Å². The van der Waals surface area contributed by atoms with Crippen molar-refractivity contribution in [3.8, 4) is 11.3 Å². The van der Waals surface area contributed by atoms with Gasteiger partial charge in [0.25, 0.3) is 0 Å². The summed E-state index contributed by atoms with van der Waals surface area (Å²) >= 11 is 0. The third-order valence-corrected chi connectivity index (χ3v) is 5.21. The van der Waals surface area contributed by atoms with E-state index >= 15 is 0 Å². The second-order valence-electron chi connectivity index (χ2n) is 7.17. The van der Waals surface area contributed by atoms with E-state index in [1.165, 1.54) is 19.2 Å². The highest BCUT2D eigenvalue weighted by atomic mass is 32.2. The molecule has 1 aromatic carbocycles. The van der Waals surface area contributed by atoms with Crippen LogP contribution >= 0.6 is 0 Å². The molecule has 0 N–H and O–H groups in total. The number of sulfonamides is 1. The Morgan fingerprint density at radius 2 is 1.67 bits per heavy atom. The number of benzene rings is 1. The monoisotopic (exact) mass is 391 g/mol. The smallest absolute Gasteiger partial charge is 0.239 e. The summed E-state index contributed by atoms with van der Waals surface area (Å²) in [5, 5.41) is 0. The Balaban J connectivity index is 2.82. The summed E-state index contributed by atoms with van der Waals surface area (Å²) < 4.78 is 38.4. The Kier molecular flexibility index (Phi) is 6.36. The number of aromatic nitrogens is 2. The van der Waals surface area contributed by atoms with Crippen molar-refractivity contribution >= 4 is 22.0 Å². The second kappa shape index (κ2) is 8.17. The summed E-state index contributed by atoms with van der Waals surface area (Å²) in [5.74, 6) is 0.127. The molecule has 0 unspecified atom stereocenters. The summed E-state index contributed by atoms with van der Waals surface area (Å²) in [5.41, 5.74) is 2.84. The first kappa shape index (κ1) is 21.0. The average Bonchev–Trinajstić information content (AvgIpc) is 2.58. The zero-order valence-electron chi connectivity index (χ0n) is 16.6. The number of nitrogens with zero attached hydrogens (tertiary/aromatic N) is 3. The molecule has 27 heavy (non-hydrogen) atoms. The molecule has 0 radical (unpaired) electrons. The molecular formula is C20H26FN3O2S. The summed E-state index contributed by atoms with van der Waals surface area (Å²) in [6.07, 6.45) is 5.11. The topological polar surface area (TPSA) is 63.2 Å². The van der Waals surface area contributed by atoms with Crippen LogP contribution in [0.2, 0.25) is 0 Å². The van der Waals surface area contributed by atoms with Gasteiger partial charge in [0.2, 0.25) is 16.0 Å². The number of halogens is 1. The van der Waals surface area contributed by atoms with Gasteiger partial charge in [-0.3, -0.25) is 0 Å². The van der Waals surface area contributed by atoms with Crippen molar-refractivity contribution in [2.45, 2.75) is 33.6 Å². The van der Waals surface area contributed by atoms with Gasteiger partial charge in [-0.2, -0.15) is 0 Å². The molecule has 0 aliphatic rings. The minimum Gasteiger partial charge on any atom is -0.241 e. The molecule has 5 nitrogen and oxygen atoms in total. The molecule has 0 spiro atoms. The van der Waals surface area contributed by atoms with Gasteiger partial charge in [0, 0.05) is 18.2 Å². The largest absolute Gasteiger partial charge is 0.241 e. The van der Waals surface area contributed by atoms with Crippen LogP contribution in [0.5, 0.6) is 0 Å². The zero-order valence-corrected chi connectivity index (χ0v) is 17.4. The number of hydrogen-bond acceptors (Lipinski definition) is 4. The van der Waals surface area contributed by atoms with Gasteiger partial charge in [-0.05, 0) is 36.1 Å². The molecule has 7 heteroatoms. The Morgan fingerprint density at radius 3 is 2.15 bits per heavy atom. The molecule has 0 fully saturated rings. The normalized spacial score (nSPS) is 12.3. The standard InChI is InChI=1S/C20H26FN3O2S/c1-13(2)7-12-17-18(14(3)4)22-20(24(5)27(6,25)26)23-19(17)15-8-10-16(21)11-9-15/h7-14H,1-6H3/b12-7+. The van der Waals surface area contributed by atoms with E-state index in [2.05, 4.69) is 23.8 Å². The SMILES string of the molecule is CC(C)/C=C/c1c(-c2ccc(F)cc2)nc(N(C)S(C)(=O)=O)nc1C(C)C. The zero-order chi connectivity index (χ0) is 20.4. The molecule has 0 atom stereocenters. The first-order valence-corrected chi connectivity index (χ1v) is 10.7. The van der Waals surface area contributed by atoms with Crippen molar-refractivity contribution in [3.63, 3.8) is 0 Å². The predicted molar refractivity (Wildman–Crippen MR) is 109 cm³/mol. The van der Waals surface area contributed by atoms with Crippen molar-refractivity contribution in [1.82, 2.24) is 9.97 Å². The van der Waals surface area contributed by atoms with Gasteiger partial charge in [0.05, 0.1) is 17.6 Å². The van der Waals surface area contributed by atoms with E-state index in [1.807, 2.05) is 26.0 Å². The van der Waals surface area contributed by atoms with Crippen LogP contribution in [0.1, 0.15) is 44.9 Å². The van der Waals surface area contributed by atoms with Crippen molar-refractivity contribution in [2.75, 3.05) is 17.6 Å². The third-order valence-electron chi connectivity index (χ3n) is 4.05. The summed E-state index contributed by atoms with van der Waals surface area (Å²) in [4.78, 5) is 9.05. The summed E-state index contributed by atoms with van der Waals surface area (Å²) in [6, 6.07) is 6.00. The van der Waals surface area contributed by atoms with Crippen molar-refractivity contribution < 1.29 is 12.8 Å². The molecule has 0 saturated heterocycles. The third kappa shape index (κ3) is 5.13. The fourth-order valence-electron chi connectivity index (χ4n) is 2.48. The molecule has 1 heterocycles. The number of anilines is 1. The lowest BCUT2D eigenvalue weighted by Crippen LogP contribution is -2.27. The van der Waals surface area contributed by atoms with Crippen LogP contribution in [-0.2, 0) is 10.0 Å². The van der Waals surface area contributed by atoms with Gasteiger partial charge in [0.15, 0.2) is 0 Å². The first-order chi connectivity index (χ1) is 12.5. The van der Waals surface area contributed by atoms with Gasteiger partial charge in [-0.25, -0.2) is 27.1 Å². The van der Waals surface area contributed by atoms with E-state index in [9.17, 15) is 12.8 Å². The molecule has 146 valence electrons. The Bertz CT molecular complexity index is 936. The molecule has 0 amide bonds. The van der Waals surface area contributed by atoms with E-state index in [-0.39, 0.29) is 17.7 Å². The van der Waals surface area contributed by atoms with Gasteiger partial charge in [-0.1, -0.05) is 39.8 Å². The maximum Gasteiger partial charge on any atom is 0.239 e. The maximum absolute atomic E-state index is 13.4. The van der Waals surface area contributed by atoms with Gasteiger partial charge in [-0.15, -0.1) is 0 Å². The van der Waals surface area contributed by atoms with Gasteiger partial charge in [0.1, 0.15) is 5.82 Å². The van der Waals surface area contributed by atoms with Crippen LogP contribution in [0.25, 0.3) is 17.3 Å². The number of rotatable bonds is 6. The fraction of sp³-hybridized carbons (Fsp3) is 0.400. The van der Waals surface area contributed by atoms with E-state index in [0.717, 1.165) is 21.8 Å². The molecule has 0 saturated carbocycles. The van der Waals surface area contributed by atoms with E-state index in [1.54, 1.807) is 12.1 Å². The molecule has 1 aromatic heterocycles. The van der Waals surface area contributed by atoms with E-state index < -0.39 is 10.0 Å². The highest BCUT2D eigenvalue weighted by Crippen LogP contribution is 2.31. The molecule has 2 rings (SSSR count). The highest BCUT2D eigenvalue weighted by molar-refractivity contribution is 7.92. The lowest BCUT2D eigenvalue weighted by molar-refractivity contribution is 0.599. The average molecular weight is 392 g/mol. The fourth-order valence-corrected chi connectivity index (χ4v) is 2.86. The predicted octanol–water partition coefficient (Wildman–Crippen LogP) is 4.47. The minimum atomic E-state index is -3.51. The summed E-state index contributed by atoms with van der Waals surface area (Å²) in [7, 11) is -2.09. The molecule has 0 aliphatic heterocycles. The van der Waals surface area contributed by atoms with Crippen LogP contribution < -0.4 is 4.31 Å². The van der Waals surface area contributed by atoms with Crippen molar-refractivity contribution in [3.05, 3.63) is 47.4 Å². The lowest BCUT2D eigenvalue weighted by Gasteiger charge is -2.20. The molecular weight excluding hydrogens is 365 g/mol. The lowest BCUT2D eigenvalue weighted by atomic mass is 9.97. The van der Waals surface area contributed by atoms with Crippen molar-refractivity contribution in [1.29, 1.82) is 0 Å². The Hall–Kier alpha value is -2.28. The second-order valence-corrected chi connectivity index (χ2v) is 9.18. The van der Waals surface area contributed by atoms with Gasteiger partial charge < -0.3 is 0 Å². The van der Waals surface area contributed by atoms with Crippen molar-refractivity contribution in [2.24, 2.45) is 5.92 Å². The van der Waals surface area contributed by atoms with Crippen LogP contribution in [0.3, 0.4) is 0 Å². The first-order valence-electron chi connectivity index (χ1n) is 8.80. The maximum atomic E-state index is 13.4.